The molecule has 0 fully saturated rings. The molecule has 0 aromatic heterocycles. The predicted octanol–water partition coefficient (Wildman–Crippen LogP) is 3.26. The number of alkyl halides is 5. The summed E-state index contributed by atoms with van der Waals surface area (Å²) >= 11 is 0. The minimum Gasteiger partial charge on any atom is -0.393 e. The highest BCUT2D eigenvalue weighted by atomic mass is 19.4. The Hall–Kier alpha value is -1.17. The van der Waals surface area contributed by atoms with E-state index in [9.17, 15) is 22.0 Å². The molecule has 0 heterocycles. The fourth-order valence-electron chi connectivity index (χ4n) is 1.40. The summed E-state index contributed by atoms with van der Waals surface area (Å²) in [4.78, 5) is 0. The van der Waals surface area contributed by atoms with Crippen LogP contribution in [-0.2, 0) is 12.3 Å². The Kier molecular flexibility index (Phi) is 3.76. The summed E-state index contributed by atoms with van der Waals surface area (Å²) < 4.78 is 62.3. The summed E-state index contributed by atoms with van der Waals surface area (Å²) in [5.41, 5.74) is -0.871. The molecule has 1 nitrogen and oxygen atoms in total. The van der Waals surface area contributed by atoms with Crippen molar-refractivity contribution in [3.63, 3.8) is 0 Å². The maximum absolute atomic E-state index is 13.0. The summed E-state index contributed by atoms with van der Waals surface area (Å²) in [7, 11) is 0. The lowest BCUT2D eigenvalue weighted by Gasteiger charge is -2.20. The standard InChI is InChI=1S/C11H11F5O/c1-7(17)5-8-3-2-4-9(6-8)10(12,13)11(14,15)16/h2-4,6-7,17H,5H2,1H3/t7-/m1/s1. The molecule has 0 saturated heterocycles. The smallest absolute Gasteiger partial charge is 0.393 e. The van der Waals surface area contributed by atoms with Gasteiger partial charge in [0.25, 0.3) is 0 Å². The van der Waals surface area contributed by atoms with Gasteiger partial charge < -0.3 is 5.11 Å². The summed E-state index contributed by atoms with van der Waals surface area (Å²) in [6.45, 7) is 1.43. The van der Waals surface area contributed by atoms with E-state index in [4.69, 9.17) is 5.11 Å². The van der Waals surface area contributed by atoms with E-state index < -0.39 is 23.8 Å². The van der Waals surface area contributed by atoms with Crippen LogP contribution in [0.5, 0.6) is 0 Å². The van der Waals surface area contributed by atoms with Crippen molar-refractivity contribution in [3.8, 4) is 0 Å². The molecule has 0 aliphatic carbocycles. The minimum atomic E-state index is -5.61. The first-order valence-corrected chi connectivity index (χ1v) is 4.86. The average Bonchev–Trinajstić information content (AvgIpc) is 2.15. The van der Waals surface area contributed by atoms with E-state index >= 15 is 0 Å². The molecule has 1 aromatic carbocycles. The lowest BCUT2D eigenvalue weighted by Crippen LogP contribution is -2.33. The molecule has 0 spiro atoms. The van der Waals surface area contributed by atoms with E-state index in [-0.39, 0.29) is 12.0 Å². The Labute approximate surface area is 94.9 Å². The topological polar surface area (TPSA) is 20.2 Å². The third-order valence-electron chi connectivity index (χ3n) is 2.18. The van der Waals surface area contributed by atoms with Crippen LogP contribution in [0.25, 0.3) is 0 Å². The number of aliphatic hydroxyl groups excluding tert-OH is 1. The van der Waals surface area contributed by atoms with Gasteiger partial charge in [0, 0.05) is 5.56 Å². The van der Waals surface area contributed by atoms with Crippen LogP contribution >= 0.6 is 0 Å². The number of benzene rings is 1. The largest absolute Gasteiger partial charge is 0.458 e. The highest BCUT2D eigenvalue weighted by Crippen LogP contribution is 2.43. The second-order valence-corrected chi connectivity index (χ2v) is 3.83. The molecule has 1 rings (SSSR count). The Morgan fingerprint density at radius 1 is 1.18 bits per heavy atom. The molecule has 17 heavy (non-hydrogen) atoms. The van der Waals surface area contributed by atoms with Gasteiger partial charge in [0.15, 0.2) is 0 Å². The summed E-state index contributed by atoms with van der Waals surface area (Å²) in [6.07, 6.45) is -6.39. The molecule has 0 aliphatic heterocycles. The lowest BCUT2D eigenvalue weighted by atomic mass is 10.0. The van der Waals surface area contributed by atoms with Gasteiger partial charge in [-0.25, -0.2) is 0 Å². The molecule has 0 aliphatic rings. The van der Waals surface area contributed by atoms with Crippen LogP contribution in [-0.4, -0.2) is 17.4 Å². The van der Waals surface area contributed by atoms with Crippen molar-refractivity contribution in [2.24, 2.45) is 0 Å². The molecule has 6 heteroatoms. The van der Waals surface area contributed by atoms with Crippen LogP contribution in [0.2, 0.25) is 0 Å². The van der Waals surface area contributed by atoms with Gasteiger partial charge in [-0.3, -0.25) is 0 Å². The maximum Gasteiger partial charge on any atom is 0.458 e. The van der Waals surface area contributed by atoms with Gasteiger partial charge in [-0.05, 0) is 25.0 Å². The number of halogens is 5. The highest BCUT2D eigenvalue weighted by Gasteiger charge is 2.58. The molecule has 96 valence electrons. The second kappa shape index (κ2) is 4.60. The van der Waals surface area contributed by atoms with Crippen LogP contribution < -0.4 is 0 Å². The zero-order valence-electron chi connectivity index (χ0n) is 8.93. The first kappa shape index (κ1) is 13.9. The number of hydrogen-bond acceptors (Lipinski definition) is 1. The van der Waals surface area contributed by atoms with Crippen LogP contribution in [0.3, 0.4) is 0 Å². The van der Waals surface area contributed by atoms with Gasteiger partial charge in [0.2, 0.25) is 0 Å². The molecule has 1 atom stereocenters. The van der Waals surface area contributed by atoms with E-state index in [1.807, 2.05) is 0 Å². The predicted molar refractivity (Wildman–Crippen MR) is 51.8 cm³/mol. The van der Waals surface area contributed by atoms with Crippen molar-refractivity contribution >= 4 is 0 Å². The Balaban J connectivity index is 3.07. The lowest BCUT2D eigenvalue weighted by molar-refractivity contribution is -0.289. The quantitative estimate of drug-likeness (QED) is 0.821. The minimum absolute atomic E-state index is 0.0295. The molecular formula is C11H11F5O. The fourth-order valence-corrected chi connectivity index (χ4v) is 1.40. The summed E-state index contributed by atoms with van der Waals surface area (Å²) in [5, 5.41) is 9.05. The highest BCUT2D eigenvalue weighted by molar-refractivity contribution is 5.28. The van der Waals surface area contributed by atoms with E-state index in [0.717, 1.165) is 18.2 Å². The van der Waals surface area contributed by atoms with Crippen molar-refractivity contribution in [2.75, 3.05) is 0 Å². The van der Waals surface area contributed by atoms with Crippen molar-refractivity contribution < 1.29 is 27.1 Å². The third-order valence-corrected chi connectivity index (χ3v) is 2.18. The molecule has 0 saturated carbocycles. The van der Waals surface area contributed by atoms with E-state index in [1.165, 1.54) is 13.0 Å². The van der Waals surface area contributed by atoms with Crippen molar-refractivity contribution in [3.05, 3.63) is 35.4 Å². The van der Waals surface area contributed by atoms with Gasteiger partial charge in [-0.15, -0.1) is 0 Å². The van der Waals surface area contributed by atoms with Gasteiger partial charge in [-0.1, -0.05) is 18.2 Å². The van der Waals surface area contributed by atoms with E-state index in [2.05, 4.69) is 0 Å². The molecule has 0 bridgehead atoms. The normalized spacial score (nSPS) is 14.8. The zero-order valence-corrected chi connectivity index (χ0v) is 8.93. The van der Waals surface area contributed by atoms with Crippen LogP contribution in [0.15, 0.2) is 24.3 Å². The van der Waals surface area contributed by atoms with Crippen molar-refractivity contribution in [2.45, 2.75) is 31.5 Å². The first-order chi connectivity index (χ1) is 7.64. The van der Waals surface area contributed by atoms with Gasteiger partial charge >= 0.3 is 12.1 Å². The monoisotopic (exact) mass is 254 g/mol. The number of rotatable bonds is 3. The third kappa shape index (κ3) is 3.15. The molecule has 0 amide bonds. The Morgan fingerprint density at radius 2 is 1.76 bits per heavy atom. The van der Waals surface area contributed by atoms with Gasteiger partial charge in [-0.2, -0.15) is 22.0 Å². The van der Waals surface area contributed by atoms with Gasteiger partial charge in [0.05, 0.1) is 6.10 Å². The molecular weight excluding hydrogens is 243 g/mol. The Morgan fingerprint density at radius 3 is 2.24 bits per heavy atom. The number of aliphatic hydroxyl groups is 1. The molecule has 0 radical (unpaired) electrons. The van der Waals surface area contributed by atoms with E-state index in [0.29, 0.717) is 0 Å². The SMILES string of the molecule is C[C@@H](O)Cc1cccc(C(F)(F)C(F)(F)F)c1. The molecule has 0 unspecified atom stereocenters. The molecule has 1 aromatic rings. The van der Waals surface area contributed by atoms with Crippen molar-refractivity contribution in [1.29, 1.82) is 0 Å². The number of hydrogen-bond donors (Lipinski definition) is 1. The van der Waals surface area contributed by atoms with Crippen LogP contribution in [0.4, 0.5) is 22.0 Å². The zero-order chi connectivity index (χ0) is 13.3. The molecule has 1 N–H and O–H groups in total. The summed E-state index contributed by atoms with van der Waals surface area (Å²) in [6, 6.07) is 3.99. The second-order valence-electron chi connectivity index (χ2n) is 3.83. The Bertz CT molecular complexity index is 384. The van der Waals surface area contributed by atoms with E-state index in [1.54, 1.807) is 0 Å². The maximum atomic E-state index is 13.0. The van der Waals surface area contributed by atoms with Gasteiger partial charge in [0.1, 0.15) is 0 Å². The van der Waals surface area contributed by atoms with Crippen LogP contribution in [0, 0.1) is 0 Å². The fraction of sp³-hybridized carbons (Fsp3) is 0.455. The van der Waals surface area contributed by atoms with Crippen LogP contribution in [0.1, 0.15) is 18.1 Å². The summed E-state index contributed by atoms with van der Waals surface area (Å²) in [5.74, 6) is -4.87. The first-order valence-electron chi connectivity index (χ1n) is 4.86. The van der Waals surface area contributed by atoms with Crippen molar-refractivity contribution in [1.82, 2.24) is 0 Å². The average molecular weight is 254 g/mol.